The maximum absolute atomic E-state index is 8.44. The Bertz CT molecular complexity index is 107. The Hall–Kier alpha value is -0.500. The Morgan fingerprint density at radius 1 is 1.67 bits per heavy atom. The molecule has 0 radical (unpaired) electrons. The van der Waals surface area contributed by atoms with Crippen molar-refractivity contribution in [2.75, 3.05) is 13.2 Å². The first-order valence-corrected chi connectivity index (χ1v) is 3.36. The molecule has 0 bridgehead atoms. The molecule has 1 heterocycles. The van der Waals surface area contributed by atoms with Crippen molar-refractivity contribution < 1.29 is 9.84 Å². The van der Waals surface area contributed by atoms with Crippen LogP contribution in [0.4, 0.5) is 0 Å². The SMILES string of the molecule is OCCCC1=CCCO1. The summed E-state index contributed by atoms with van der Waals surface area (Å²) in [6, 6.07) is 0. The van der Waals surface area contributed by atoms with Crippen molar-refractivity contribution >= 4 is 0 Å². The van der Waals surface area contributed by atoms with Gasteiger partial charge >= 0.3 is 0 Å². The van der Waals surface area contributed by atoms with Crippen LogP contribution in [-0.4, -0.2) is 18.3 Å². The lowest BCUT2D eigenvalue weighted by Crippen LogP contribution is -1.88. The Labute approximate surface area is 55.1 Å². The van der Waals surface area contributed by atoms with Crippen molar-refractivity contribution in [2.24, 2.45) is 0 Å². The lowest BCUT2D eigenvalue weighted by molar-refractivity contribution is 0.220. The van der Waals surface area contributed by atoms with Crippen LogP contribution in [0.5, 0.6) is 0 Å². The third-order valence-electron chi connectivity index (χ3n) is 1.36. The van der Waals surface area contributed by atoms with E-state index in [-0.39, 0.29) is 6.61 Å². The number of ether oxygens (including phenoxy) is 1. The van der Waals surface area contributed by atoms with Gasteiger partial charge in [0.1, 0.15) is 0 Å². The zero-order chi connectivity index (χ0) is 6.53. The number of allylic oxidation sites excluding steroid dienone is 1. The highest BCUT2D eigenvalue weighted by Crippen LogP contribution is 2.13. The quantitative estimate of drug-likeness (QED) is 0.616. The van der Waals surface area contributed by atoms with Crippen LogP contribution in [-0.2, 0) is 4.74 Å². The molecule has 1 aliphatic rings. The standard InChI is InChI=1S/C7H12O2/c8-5-1-3-7-4-2-6-9-7/h4,8H,1-3,5-6H2. The van der Waals surface area contributed by atoms with Gasteiger partial charge in [-0.1, -0.05) is 0 Å². The first-order valence-electron chi connectivity index (χ1n) is 3.36. The summed E-state index contributed by atoms with van der Waals surface area (Å²) in [6.07, 6.45) is 4.86. The van der Waals surface area contributed by atoms with Gasteiger partial charge in [0.05, 0.1) is 12.4 Å². The number of aliphatic hydroxyl groups excluding tert-OH is 1. The van der Waals surface area contributed by atoms with Gasteiger partial charge in [-0.3, -0.25) is 0 Å². The van der Waals surface area contributed by atoms with Crippen molar-refractivity contribution in [1.29, 1.82) is 0 Å². The lowest BCUT2D eigenvalue weighted by Gasteiger charge is -1.99. The molecule has 0 aromatic carbocycles. The summed E-state index contributed by atoms with van der Waals surface area (Å²) in [6.45, 7) is 1.10. The van der Waals surface area contributed by atoms with Gasteiger partial charge in [0.25, 0.3) is 0 Å². The molecule has 0 fully saturated rings. The largest absolute Gasteiger partial charge is 0.498 e. The Morgan fingerprint density at radius 3 is 3.11 bits per heavy atom. The third-order valence-corrected chi connectivity index (χ3v) is 1.36. The molecule has 52 valence electrons. The summed E-state index contributed by atoms with van der Waals surface area (Å²) in [4.78, 5) is 0. The highest BCUT2D eigenvalue weighted by atomic mass is 16.5. The van der Waals surface area contributed by atoms with E-state index in [0.717, 1.165) is 31.6 Å². The smallest absolute Gasteiger partial charge is 0.0922 e. The fraction of sp³-hybridized carbons (Fsp3) is 0.714. The van der Waals surface area contributed by atoms with E-state index < -0.39 is 0 Å². The molecule has 0 unspecified atom stereocenters. The molecule has 9 heavy (non-hydrogen) atoms. The molecule has 1 N–H and O–H groups in total. The van der Waals surface area contributed by atoms with E-state index >= 15 is 0 Å². The summed E-state index contributed by atoms with van der Waals surface area (Å²) in [5.41, 5.74) is 0. The van der Waals surface area contributed by atoms with Crippen molar-refractivity contribution in [3.63, 3.8) is 0 Å². The number of rotatable bonds is 3. The van der Waals surface area contributed by atoms with Gasteiger partial charge in [-0.15, -0.1) is 0 Å². The van der Waals surface area contributed by atoms with Crippen LogP contribution in [0.1, 0.15) is 19.3 Å². The average molecular weight is 128 g/mol. The Kier molecular flexibility index (Phi) is 2.58. The molecular weight excluding hydrogens is 116 g/mol. The second-order valence-corrected chi connectivity index (χ2v) is 2.13. The highest BCUT2D eigenvalue weighted by Gasteiger charge is 2.02. The topological polar surface area (TPSA) is 29.5 Å². The molecule has 0 aromatic heterocycles. The summed E-state index contributed by atoms with van der Waals surface area (Å²) in [5.74, 6) is 1.06. The minimum absolute atomic E-state index is 0.265. The molecule has 2 nitrogen and oxygen atoms in total. The van der Waals surface area contributed by atoms with Crippen LogP contribution in [0.2, 0.25) is 0 Å². The van der Waals surface area contributed by atoms with Crippen LogP contribution in [0.3, 0.4) is 0 Å². The van der Waals surface area contributed by atoms with Crippen LogP contribution in [0.15, 0.2) is 11.8 Å². The van der Waals surface area contributed by atoms with Crippen LogP contribution in [0.25, 0.3) is 0 Å². The summed E-state index contributed by atoms with van der Waals surface area (Å²) >= 11 is 0. The van der Waals surface area contributed by atoms with Crippen LogP contribution in [0, 0.1) is 0 Å². The number of hydrogen-bond acceptors (Lipinski definition) is 2. The third kappa shape index (κ3) is 2.06. The van der Waals surface area contributed by atoms with Gasteiger partial charge in [-0.25, -0.2) is 0 Å². The van der Waals surface area contributed by atoms with E-state index in [1.165, 1.54) is 0 Å². The predicted molar refractivity (Wildman–Crippen MR) is 35.0 cm³/mol. The lowest BCUT2D eigenvalue weighted by atomic mass is 10.2. The molecule has 1 rings (SSSR count). The molecule has 0 aliphatic carbocycles. The summed E-state index contributed by atoms with van der Waals surface area (Å²) in [5, 5.41) is 8.44. The zero-order valence-electron chi connectivity index (χ0n) is 5.47. The molecule has 0 atom stereocenters. The van der Waals surface area contributed by atoms with Gasteiger partial charge in [-0.05, 0) is 12.5 Å². The first kappa shape index (κ1) is 6.62. The monoisotopic (exact) mass is 128 g/mol. The van der Waals surface area contributed by atoms with Crippen molar-refractivity contribution in [2.45, 2.75) is 19.3 Å². The minimum Gasteiger partial charge on any atom is -0.498 e. The molecule has 0 saturated heterocycles. The summed E-state index contributed by atoms with van der Waals surface area (Å²) in [7, 11) is 0. The van der Waals surface area contributed by atoms with Crippen molar-refractivity contribution in [1.82, 2.24) is 0 Å². The second-order valence-electron chi connectivity index (χ2n) is 2.13. The zero-order valence-corrected chi connectivity index (χ0v) is 5.47. The molecule has 0 saturated carbocycles. The average Bonchev–Trinajstić information content (AvgIpc) is 2.34. The van der Waals surface area contributed by atoms with E-state index in [2.05, 4.69) is 6.08 Å². The van der Waals surface area contributed by atoms with Gasteiger partial charge < -0.3 is 9.84 Å². The van der Waals surface area contributed by atoms with Gasteiger partial charge in [-0.2, -0.15) is 0 Å². The Morgan fingerprint density at radius 2 is 2.56 bits per heavy atom. The molecule has 0 amide bonds. The van der Waals surface area contributed by atoms with Gasteiger partial charge in [0.2, 0.25) is 0 Å². The molecule has 1 aliphatic heterocycles. The summed E-state index contributed by atoms with van der Waals surface area (Å²) < 4.78 is 5.20. The normalized spacial score (nSPS) is 17.2. The molecular formula is C7H12O2. The predicted octanol–water partition coefficient (Wildman–Crippen LogP) is 1.06. The minimum atomic E-state index is 0.265. The van der Waals surface area contributed by atoms with E-state index in [1.807, 2.05) is 0 Å². The highest BCUT2D eigenvalue weighted by molar-refractivity contribution is 4.97. The van der Waals surface area contributed by atoms with E-state index in [4.69, 9.17) is 9.84 Å². The fourth-order valence-corrected chi connectivity index (χ4v) is 0.896. The number of aliphatic hydroxyl groups is 1. The van der Waals surface area contributed by atoms with Crippen molar-refractivity contribution in [3.05, 3.63) is 11.8 Å². The van der Waals surface area contributed by atoms with Crippen molar-refractivity contribution in [3.8, 4) is 0 Å². The maximum Gasteiger partial charge on any atom is 0.0922 e. The fourth-order valence-electron chi connectivity index (χ4n) is 0.896. The van der Waals surface area contributed by atoms with E-state index in [1.54, 1.807) is 0 Å². The molecule has 2 heteroatoms. The van der Waals surface area contributed by atoms with E-state index in [0.29, 0.717) is 0 Å². The van der Waals surface area contributed by atoms with E-state index in [9.17, 15) is 0 Å². The molecule has 0 spiro atoms. The first-order chi connectivity index (χ1) is 4.43. The Balaban J connectivity index is 2.11. The van der Waals surface area contributed by atoms with Crippen LogP contribution >= 0.6 is 0 Å². The van der Waals surface area contributed by atoms with Gasteiger partial charge in [0.15, 0.2) is 0 Å². The van der Waals surface area contributed by atoms with Crippen LogP contribution < -0.4 is 0 Å². The molecule has 0 aromatic rings. The van der Waals surface area contributed by atoms with Gasteiger partial charge in [0, 0.05) is 19.4 Å². The number of hydrogen-bond donors (Lipinski definition) is 1. The second kappa shape index (κ2) is 3.51. The maximum atomic E-state index is 8.44.